The molecular weight excluding hydrogens is 266 g/mol. The number of nitrogens with one attached hydrogen (secondary N) is 1. The van der Waals surface area contributed by atoms with Crippen molar-refractivity contribution in [1.82, 2.24) is 5.32 Å². The summed E-state index contributed by atoms with van der Waals surface area (Å²) < 4.78 is 0. The van der Waals surface area contributed by atoms with Crippen LogP contribution in [0.3, 0.4) is 0 Å². The third-order valence-corrected chi connectivity index (χ3v) is 3.16. The number of phenols is 1. The number of aromatic hydroxyl groups is 1. The maximum absolute atomic E-state index is 12.1. The molecule has 2 N–H and O–H groups in total. The van der Waals surface area contributed by atoms with Crippen molar-refractivity contribution in [2.24, 2.45) is 0 Å². The molecule has 108 valence electrons. The Morgan fingerprint density at radius 3 is 2.43 bits per heavy atom. The summed E-state index contributed by atoms with van der Waals surface area (Å²) in [4.78, 5) is 23.6. The van der Waals surface area contributed by atoms with Crippen molar-refractivity contribution in [3.05, 3.63) is 65.2 Å². The van der Waals surface area contributed by atoms with Gasteiger partial charge in [-0.3, -0.25) is 9.59 Å². The van der Waals surface area contributed by atoms with Gasteiger partial charge in [0, 0.05) is 12.1 Å². The van der Waals surface area contributed by atoms with Gasteiger partial charge in [0.2, 0.25) is 0 Å². The lowest BCUT2D eigenvalue weighted by Crippen LogP contribution is -2.27. The molecule has 0 unspecified atom stereocenters. The van der Waals surface area contributed by atoms with Crippen LogP contribution in [0.25, 0.3) is 0 Å². The van der Waals surface area contributed by atoms with E-state index in [1.165, 1.54) is 6.92 Å². The lowest BCUT2D eigenvalue weighted by atomic mass is 10.0. The molecule has 4 heteroatoms. The standard InChI is InChI=1S/C17H17NO3/c1-12(19)15-7-2-3-8-16(15)17(21)18-10-9-13-5-4-6-14(20)11-13/h2-8,11,20H,9-10H2,1H3,(H,18,21). The van der Waals surface area contributed by atoms with E-state index in [0.29, 0.717) is 24.1 Å². The van der Waals surface area contributed by atoms with E-state index < -0.39 is 0 Å². The Balaban J connectivity index is 1.98. The van der Waals surface area contributed by atoms with E-state index in [9.17, 15) is 14.7 Å². The second-order valence-electron chi connectivity index (χ2n) is 4.78. The number of carbonyl (C=O) groups is 2. The Morgan fingerprint density at radius 1 is 1.05 bits per heavy atom. The number of rotatable bonds is 5. The molecule has 0 saturated heterocycles. The van der Waals surface area contributed by atoms with Gasteiger partial charge in [-0.05, 0) is 37.1 Å². The number of hydrogen-bond acceptors (Lipinski definition) is 3. The molecule has 0 fully saturated rings. The molecular formula is C17H17NO3. The van der Waals surface area contributed by atoms with Gasteiger partial charge in [-0.1, -0.05) is 30.3 Å². The van der Waals surface area contributed by atoms with E-state index >= 15 is 0 Å². The Kier molecular flexibility index (Phi) is 4.72. The van der Waals surface area contributed by atoms with Gasteiger partial charge in [-0.2, -0.15) is 0 Å². The average molecular weight is 283 g/mol. The minimum Gasteiger partial charge on any atom is -0.508 e. The molecule has 0 heterocycles. The lowest BCUT2D eigenvalue weighted by Gasteiger charge is -2.08. The summed E-state index contributed by atoms with van der Waals surface area (Å²) in [5.74, 6) is -0.185. The number of hydrogen-bond donors (Lipinski definition) is 2. The first-order chi connectivity index (χ1) is 10.1. The molecule has 0 radical (unpaired) electrons. The predicted molar refractivity (Wildman–Crippen MR) is 80.6 cm³/mol. The van der Waals surface area contributed by atoms with Gasteiger partial charge in [0.05, 0.1) is 5.56 Å². The summed E-state index contributed by atoms with van der Waals surface area (Å²) in [6.07, 6.45) is 0.613. The van der Waals surface area contributed by atoms with Gasteiger partial charge in [0.15, 0.2) is 5.78 Å². The third kappa shape index (κ3) is 3.92. The van der Waals surface area contributed by atoms with Crippen LogP contribution >= 0.6 is 0 Å². The first-order valence-corrected chi connectivity index (χ1v) is 6.74. The lowest BCUT2D eigenvalue weighted by molar-refractivity contribution is 0.0939. The van der Waals surface area contributed by atoms with E-state index in [1.54, 1.807) is 42.5 Å². The van der Waals surface area contributed by atoms with Crippen LogP contribution in [-0.2, 0) is 6.42 Å². The molecule has 21 heavy (non-hydrogen) atoms. The second kappa shape index (κ2) is 6.70. The quantitative estimate of drug-likeness (QED) is 0.829. The number of ketones is 1. The van der Waals surface area contributed by atoms with Gasteiger partial charge in [-0.15, -0.1) is 0 Å². The summed E-state index contributed by atoms with van der Waals surface area (Å²) >= 11 is 0. The molecule has 0 aliphatic rings. The maximum atomic E-state index is 12.1. The van der Waals surface area contributed by atoms with Crippen LogP contribution in [0.15, 0.2) is 48.5 Å². The highest BCUT2D eigenvalue weighted by Crippen LogP contribution is 2.12. The van der Waals surface area contributed by atoms with Gasteiger partial charge < -0.3 is 10.4 Å². The van der Waals surface area contributed by atoms with E-state index in [4.69, 9.17) is 0 Å². The molecule has 0 spiro atoms. The van der Waals surface area contributed by atoms with Crippen molar-refractivity contribution in [1.29, 1.82) is 0 Å². The fourth-order valence-corrected chi connectivity index (χ4v) is 2.12. The molecule has 0 aliphatic heterocycles. The molecule has 4 nitrogen and oxygen atoms in total. The smallest absolute Gasteiger partial charge is 0.252 e. The van der Waals surface area contributed by atoms with Crippen molar-refractivity contribution in [3.63, 3.8) is 0 Å². The highest BCUT2D eigenvalue weighted by atomic mass is 16.3. The number of amides is 1. The molecule has 2 rings (SSSR count). The first-order valence-electron chi connectivity index (χ1n) is 6.74. The highest BCUT2D eigenvalue weighted by molar-refractivity contribution is 6.07. The summed E-state index contributed by atoms with van der Waals surface area (Å²) in [5, 5.41) is 12.2. The highest BCUT2D eigenvalue weighted by Gasteiger charge is 2.13. The summed E-state index contributed by atoms with van der Waals surface area (Å²) in [6.45, 7) is 1.88. The largest absolute Gasteiger partial charge is 0.508 e. The zero-order valence-corrected chi connectivity index (χ0v) is 11.8. The maximum Gasteiger partial charge on any atom is 0.252 e. The molecule has 2 aromatic rings. The van der Waals surface area contributed by atoms with Crippen LogP contribution in [0.1, 0.15) is 33.2 Å². The molecule has 2 aromatic carbocycles. The Labute approximate surface area is 123 Å². The predicted octanol–water partition coefficient (Wildman–Crippen LogP) is 2.57. The number of carbonyl (C=O) groups excluding carboxylic acids is 2. The Morgan fingerprint density at radius 2 is 1.76 bits per heavy atom. The van der Waals surface area contributed by atoms with Crippen LogP contribution < -0.4 is 5.32 Å². The number of phenolic OH excluding ortho intramolecular Hbond substituents is 1. The Hall–Kier alpha value is -2.62. The molecule has 0 saturated carbocycles. The number of benzene rings is 2. The molecule has 0 aromatic heterocycles. The van der Waals surface area contributed by atoms with Crippen molar-refractivity contribution in [2.75, 3.05) is 6.54 Å². The van der Waals surface area contributed by atoms with Crippen LogP contribution in [0.4, 0.5) is 0 Å². The molecule has 0 atom stereocenters. The van der Waals surface area contributed by atoms with Crippen molar-refractivity contribution < 1.29 is 14.7 Å². The van der Waals surface area contributed by atoms with Crippen molar-refractivity contribution in [2.45, 2.75) is 13.3 Å². The summed E-state index contributed by atoms with van der Waals surface area (Å²) in [6, 6.07) is 13.7. The van der Waals surface area contributed by atoms with Crippen LogP contribution in [0.2, 0.25) is 0 Å². The average Bonchev–Trinajstić information content (AvgIpc) is 2.47. The third-order valence-electron chi connectivity index (χ3n) is 3.16. The van der Waals surface area contributed by atoms with Gasteiger partial charge in [0.1, 0.15) is 5.75 Å². The van der Waals surface area contributed by atoms with Gasteiger partial charge in [-0.25, -0.2) is 0 Å². The van der Waals surface area contributed by atoms with Crippen LogP contribution in [-0.4, -0.2) is 23.3 Å². The van der Waals surface area contributed by atoms with E-state index in [1.807, 2.05) is 6.07 Å². The zero-order chi connectivity index (χ0) is 15.2. The molecule has 1 amide bonds. The van der Waals surface area contributed by atoms with Gasteiger partial charge >= 0.3 is 0 Å². The topological polar surface area (TPSA) is 66.4 Å². The minimum atomic E-state index is -0.263. The monoisotopic (exact) mass is 283 g/mol. The first kappa shape index (κ1) is 14.8. The SMILES string of the molecule is CC(=O)c1ccccc1C(=O)NCCc1cccc(O)c1. The van der Waals surface area contributed by atoms with Crippen molar-refractivity contribution >= 4 is 11.7 Å². The van der Waals surface area contributed by atoms with Crippen LogP contribution in [0.5, 0.6) is 5.75 Å². The van der Waals surface area contributed by atoms with E-state index in [2.05, 4.69) is 5.32 Å². The van der Waals surface area contributed by atoms with E-state index in [0.717, 1.165) is 5.56 Å². The fraction of sp³-hybridized carbons (Fsp3) is 0.176. The van der Waals surface area contributed by atoms with Gasteiger partial charge in [0.25, 0.3) is 5.91 Å². The Bertz CT molecular complexity index is 665. The fourth-order valence-electron chi connectivity index (χ4n) is 2.12. The normalized spacial score (nSPS) is 10.1. The van der Waals surface area contributed by atoms with E-state index in [-0.39, 0.29) is 17.4 Å². The summed E-state index contributed by atoms with van der Waals surface area (Å²) in [5.41, 5.74) is 1.75. The minimum absolute atomic E-state index is 0.131. The molecule has 0 aliphatic carbocycles. The second-order valence-corrected chi connectivity index (χ2v) is 4.78. The van der Waals surface area contributed by atoms with Crippen molar-refractivity contribution in [3.8, 4) is 5.75 Å². The van der Waals surface area contributed by atoms with Crippen LogP contribution in [0, 0.1) is 0 Å². The molecule has 0 bridgehead atoms. The number of Topliss-reactive ketones (excluding diaryl/α,β-unsaturated/α-hetero) is 1. The zero-order valence-electron chi connectivity index (χ0n) is 11.8. The summed E-state index contributed by atoms with van der Waals surface area (Å²) in [7, 11) is 0.